The van der Waals surface area contributed by atoms with E-state index in [0.717, 1.165) is 19.6 Å². The van der Waals surface area contributed by atoms with Crippen molar-refractivity contribution in [1.29, 1.82) is 0 Å². The van der Waals surface area contributed by atoms with Crippen LogP contribution in [0.4, 0.5) is 0 Å². The molecule has 0 aliphatic carbocycles. The Kier molecular flexibility index (Phi) is 3.74. The second kappa shape index (κ2) is 4.43. The summed E-state index contributed by atoms with van der Waals surface area (Å²) in [6.07, 6.45) is 3.62. The minimum absolute atomic E-state index is 0.303. The molecule has 0 aromatic carbocycles. The molecule has 0 aromatic heterocycles. The maximum atomic E-state index is 5.84. The van der Waals surface area contributed by atoms with Gasteiger partial charge in [-0.15, -0.1) is 0 Å². The average molecular weight is 185 g/mol. The topological polar surface area (TPSA) is 35.2 Å². The molecule has 0 radical (unpaired) electrons. The number of ether oxygens (including phenoxy) is 1. The molecule has 1 aliphatic rings. The van der Waals surface area contributed by atoms with Gasteiger partial charge in [-0.05, 0) is 37.5 Å². The third kappa shape index (κ3) is 3.28. The zero-order valence-electron chi connectivity index (χ0n) is 9.18. The molecule has 2 heteroatoms. The third-order valence-electron chi connectivity index (χ3n) is 3.11. The van der Waals surface area contributed by atoms with Gasteiger partial charge in [-0.25, -0.2) is 0 Å². The second-order valence-electron chi connectivity index (χ2n) is 5.08. The predicted octanol–water partition coefficient (Wildman–Crippen LogP) is 2.18. The molecule has 1 saturated heterocycles. The zero-order chi connectivity index (χ0) is 9.90. The van der Waals surface area contributed by atoms with E-state index in [9.17, 15) is 0 Å². The lowest BCUT2D eigenvalue weighted by atomic mass is 9.72. The Morgan fingerprint density at radius 2 is 2.23 bits per heavy atom. The second-order valence-corrected chi connectivity index (χ2v) is 5.08. The van der Waals surface area contributed by atoms with E-state index in [1.807, 2.05) is 0 Å². The van der Waals surface area contributed by atoms with E-state index in [0.29, 0.717) is 17.4 Å². The summed E-state index contributed by atoms with van der Waals surface area (Å²) in [6, 6.07) is 0.303. The number of rotatable bonds is 3. The molecule has 0 saturated carbocycles. The molecule has 2 nitrogen and oxygen atoms in total. The van der Waals surface area contributed by atoms with Gasteiger partial charge < -0.3 is 10.5 Å². The Balaban J connectivity index is 2.45. The number of hydrogen-bond donors (Lipinski definition) is 1. The Morgan fingerprint density at radius 3 is 2.69 bits per heavy atom. The fourth-order valence-electron chi connectivity index (χ4n) is 2.35. The van der Waals surface area contributed by atoms with E-state index in [4.69, 9.17) is 10.5 Å². The fourth-order valence-corrected chi connectivity index (χ4v) is 2.35. The Bertz CT molecular complexity index is 148. The maximum Gasteiger partial charge on any atom is 0.0499 e. The molecule has 1 heterocycles. The van der Waals surface area contributed by atoms with Crippen LogP contribution in [-0.4, -0.2) is 19.3 Å². The Morgan fingerprint density at radius 1 is 1.54 bits per heavy atom. The first kappa shape index (κ1) is 11.0. The summed E-state index contributed by atoms with van der Waals surface area (Å²) in [5.41, 5.74) is 6.19. The molecule has 78 valence electrons. The van der Waals surface area contributed by atoms with Crippen molar-refractivity contribution in [2.24, 2.45) is 17.1 Å². The maximum absolute atomic E-state index is 5.84. The Hall–Kier alpha value is -0.0800. The average Bonchev–Trinajstić information content (AvgIpc) is 2.04. The molecule has 0 aromatic rings. The van der Waals surface area contributed by atoms with Crippen LogP contribution in [0.1, 0.15) is 40.0 Å². The van der Waals surface area contributed by atoms with E-state index in [2.05, 4.69) is 20.8 Å². The molecule has 2 unspecified atom stereocenters. The van der Waals surface area contributed by atoms with Crippen LogP contribution >= 0.6 is 0 Å². The zero-order valence-corrected chi connectivity index (χ0v) is 9.18. The summed E-state index contributed by atoms with van der Waals surface area (Å²) in [6.45, 7) is 8.60. The minimum atomic E-state index is 0.303. The van der Waals surface area contributed by atoms with Gasteiger partial charge in [-0.1, -0.05) is 13.8 Å². The molecule has 0 spiro atoms. The van der Waals surface area contributed by atoms with Gasteiger partial charge >= 0.3 is 0 Å². The monoisotopic (exact) mass is 185 g/mol. The van der Waals surface area contributed by atoms with Gasteiger partial charge in [0.15, 0.2) is 0 Å². The third-order valence-corrected chi connectivity index (χ3v) is 3.11. The molecular weight excluding hydrogens is 162 g/mol. The van der Waals surface area contributed by atoms with Gasteiger partial charge in [-0.3, -0.25) is 0 Å². The molecule has 1 fully saturated rings. The summed E-state index contributed by atoms with van der Waals surface area (Å²) in [5.74, 6) is 0.701. The highest BCUT2D eigenvalue weighted by Gasteiger charge is 2.31. The van der Waals surface area contributed by atoms with Crippen molar-refractivity contribution in [3.8, 4) is 0 Å². The van der Waals surface area contributed by atoms with Crippen LogP contribution in [0, 0.1) is 11.3 Å². The lowest BCUT2D eigenvalue weighted by molar-refractivity contribution is -0.000849. The number of hydrogen-bond acceptors (Lipinski definition) is 2. The lowest BCUT2D eigenvalue weighted by Crippen LogP contribution is -2.35. The van der Waals surface area contributed by atoms with Gasteiger partial charge in [0.25, 0.3) is 0 Å². The van der Waals surface area contributed by atoms with Crippen molar-refractivity contribution in [3.05, 3.63) is 0 Å². The van der Waals surface area contributed by atoms with Crippen molar-refractivity contribution in [3.63, 3.8) is 0 Å². The van der Waals surface area contributed by atoms with Crippen LogP contribution in [0.15, 0.2) is 0 Å². The highest BCUT2D eigenvalue weighted by Crippen LogP contribution is 2.36. The first-order valence-electron chi connectivity index (χ1n) is 5.36. The summed E-state index contributed by atoms with van der Waals surface area (Å²) in [4.78, 5) is 0. The quantitative estimate of drug-likeness (QED) is 0.731. The van der Waals surface area contributed by atoms with Crippen molar-refractivity contribution >= 4 is 0 Å². The largest absolute Gasteiger partial charge is 0.381 e. The summed E-state index contributed by atoms with van der Waals surface area (Å²) < 4.78 is 5.51. The lowest BCUT2D eigenvalue weighted by Gasteiger charge is -2.37. The molecule has 0 bridgehead atoms. The molecule has 1 rings (SSSR count). The normalized spacial score (nSPS) is 27.2. The van der Waals surface area contributed by atoms with E-state index in [1.165, 1.54) is 12.8 Å². The molecule has 2 atom stereocenters. The summed E-state index contributed by atoms with van der Waals surface area (Å²) >= 11 is 0. The van der Waals surface area contributed by atoms with Crippen LogP contribution in [0.3, 0.4) is 0 Å². The van der Waals surface area contributed by atoms with Crippen molar-refractivity contribution in [1.82, 2.24) is 0 Å². The van der Waals surface area contributed by atoms with E-state index in [1.54, 1.807) is 0 Å². The smallest absolute Gasteiger partial charge is 0.0499 e. The predicted molar refractivity (Wildman–Crippen MR) is 55.6 cm³/mol. The first-order chi connectivity index (χ1) is 6.02. The molecular formula is C11H23NO. The molecule has 1 aliphatic heterocycles. The van der Waals surface area contributed by atoms with Gasteiger partial charge in [0, 0.05) is 19.3 Å². The Labute approximate surface area is 81.8 Å². The van der Waals surface area contributed by atoms with Gasteiger partial charge in [0.05, 0.1) is 0 Å². The highest BCUT2D eigenvalue weighted by molar-refractivity contribution is 4.82. The SMILES string of the molecule is CC(N)CC(C)(C)C1CCCOC1. The van der Waals surface area contributed by atoms with Crippen LogP contribution in [-0.2, 0) is 4.74 Å². The van der Waals surface area contributed by atoms with Gasteiger partial charge in [0.1, 0.15) is 0 Å². The van der Waals surface area contributed by atoms with Gasteiger partial charge in [-0.2, -0.15) is 0 Å². The van der Waals surface area contributed by atoms with Crippen LogP contribution < -0.4 is 5.73 Å². The molecule has 13 heavy (non-hydrogen) atoms. The summed E-state index contributed by atoms with van der Waals surface area (Å²) in [5, 5.41) is 0. The molecule has 2 N–H and O–H groups in total. The van der Waals surface area contributed by atoms with Crippen molar-refractivity contribution in [2.45, 2.75) is 46.1 Å². The minimum Gasteiger partial charge on any atom is -0.381 e. The summed E-state index contributed by atoms with van der Waals surface area (Å²) in [7, 11) is 0. The van der Waals surface area contributed by atoms with Crippen LogP contribution in [0.5, 0.6) is 0 Å². The fraction of sp³-hybridized carbons (Fsp3) is 1.00. The van der Waals surface area contributed by atoms with Crippen molar-refractivity contribution in [2.75, 3.05) is 13.2 Å². The molecule has 0 amide bonds. The van der Waals surface area contributed by atoms with Crippen LogP contribution in [0.25, 0.3) is 0 Å². The van der Waals surface area contributed by atoms with E-state index < -0.39 is 0 Å². The standard InChI is InChI=1S/C11H23NO/c1-9(12)7-11(2,3)10-5-4-6-13-8-10/h9-10H,4-8,12H2,1-3H3. The van der Waals surface area contributed by atoms with Gasteiger partial charge in [0.2, 0.25) is 0 Å². The van der Waals surface area contributed by atoms with Crippen LogP contribution in [0.2, 0.25) is 0 Å². The number of nitrogens with two attached hydrogens (primary N) is 1. The first-order valence-corrected chi connectivity index (χ1v) is 5.36. The van der Waals surface area contributed by atoms with Crippen molar-refractivity contribution < 1.29 is 4.74 Å². The highest BCUT2D eigenvalue weighted by atomic mass is 16.5. The van der Waals surface area contributed by atoms with E-state index >= 15 is 0 Å². The van der Waals surface area contributed by atoms with E-state index in [-0.39, 0.29) is 0 Å².